The molecule has 1 heterocycles. The Morgan fingerprint density at radius 3 is 2.62 bits per heavy atom. The van der Waals surface area contributed by atoms with E-state index in [0.29, 0.717) is 6.04 Å². The van der Waals surface area contributed by atoms with Gasteiger partial charge in [-0.25, -0.2) is 0 Å². The van der Waals surface area contributed by atoms with Crippen LogP contribution in [0.25, 0.3) is 0 Å². The van der Waals surface area contributed by atoms with Crippen LogP contribution in [0.2, 0.25) is 0 Å². The molecule has 2 aliphatic rings. The van der Waals surface area contributed by atoms with Gasteiger partial charge >= 0.3 is 0 Å². The summed E-state index contributed by atoms with van der Waals surface area (Å²) in [6, 6.07) is 0.453. The Labute approximate surface area is 80.8 Å². The van der Waals surface area contributed by atoms with Crippen LogP contribution in [-0.4, -0.2) is 19.3 Å². The predicted molar refractivity (Wildman–Crippen MR) is 53.4 cm³/mol. The monoisotopic (exact) mass is 183 g/mol. The summed E-state index contributed by atoms with van der Waals surface area (Å²) in [7, 11) is 0. The summed E-state index contributed by atoms with van der Waals surface area (Å²) in [6.45, 7) is 4.30. The van der Waals surface area contributed by atoms with Gasteiger partial charge in [0.25, 0.3) is 0 Å². The second-order valence-corrected chi connectivity index (χ2v) is 4.96. The van der Waals surface area contributed by atoms with Crippen LogP contribution in [0.1, 0.15) is 32.6 Å². The third kappa shape index (κ3) is 2.23. The van der Waals surface area contributed by atoms with Crippen molar-refractivity contribution in [1.82, 2.24) is 0 Å². The minimum absolute atomic E-state index is 0.453. The summed E-state index contributed by atoms with van der Waals surface area (Å²) in [5, 5.41) is 0. The Morgan fingerprint density at radius 1 is 1.15 bits per heavy atom. The molecule has 2 fully saturated rings. The van der Waals surface area contributed by atoms with Crippen LogP contribution in [0.3, 0.4) is 0 Å². The van der Waals surface area contributed by atoms with Gasteiger partial charge < -0.3 is 10.5 Å². The zero-order valence-electron chi connectivity index (χ0n) is 8.54. The SMILES string of the molecule is C[C@H]1C[C@@H](N)C[C@@H](C2CCOC2)C1. The second-order valence-electron chi connectivity index (χ2n) is 4.96. The fourth-order valence-corrected chi connectivity index (χ4v) is 3.02. The Bertz CT molecular complexity index is 155. The molecular formula is C11H21NO. The zero-order chi connectivity index (χ0) is 9.26. The van der Waals surface area contributed by atoms with Gasteiger partial charge in [-0.2, -0.15) is 0 Å². The van der Waals surface area contributed by atoms with Gasteiger partial charge in [0.2, 0.25) is 0 Å². The standard InChI is InChI=1S/C11H21NO/c1-8-4-10(6-11(12)5-8)9-2-3-13-7-9/h8-11H,2-7,12H2,1H3/t8-,9?,10+,11-/m1/s1. The topological polar surface area (TPSA) is 35.2 Å². The first-order chi connectivity index (χ1) is 6.25. The fraction of sp³-hybridized carbons (Fsp3) is 1.00. The van der Waals surface area contributed by atoms with Crippen LogP contribution in [0, 0.1) is 17.8 Å². The Morgan fingerprint density at radius 2 is 2.00 bits per heavy atom. The van der Waals surface area contributed by atoms with E-state index >= 15 is 0 Å². The average molecular weight is 183 g/mol. The number of rotatable bonds is 1. The highest BCUT2D eigenvalue weighted by Gasteiger charge is 2.32. The maximum Gasteiger partial charge on any atom is 0.0497 e. The molecule has 4 atom stereocenters. The molecule has 0 radical (unpaired) electrons. The first-order valence-electron chi connectivity index (χ1n) is 5.59. The largest absolute Gasteiger partial charge is 0.381 e. The lowest BCUT2D eigenvalue weighted by Gasteiger charge is -2.34. The van der Waals surface area contributed by atoms with Gasteiger partial charge in [0.05, 0.1) is 0 Å². The van der Waals surface area contributed by atoms with Gasteiger partial charge in [-0.3, -0.25) is 0 Å². The lowest BCUT2D eigenvalue weighted by molar-refractivity contribution is 0.142. The van der Waals surface area contributed by atoms with Gasteiger partial charge in [-0.15, -0.1) is 0 Å². The van der Waals surface area contributed by atoms with Gasteiger partial charge in [0.15, 0.2) is 0 Å². The summed E-state index contributed by atoms with van der Waals surface area (Å²) >= 11 is 0. The highest BCUT2D eigenvalue weighted by atomic mass is 16.5. The predicted octanol–water partition coefficient (Wildman–Crippen LogP) is 1.79. The van der Waals surface area contributed by atoms with E-state index in [9.17, 15) is 0 Å². The van der Waals surface area contributed by atoms with Crippen molar-refractivity contribution in [2.45, 2.75) is 38.6 Å². The molecule has 2 nitrogen and oxygen atoms in total. The van der Waals surface area contributed by atoms with Crippen molar-refractivity contribution in [3.05, 3.63) is 0 Å². The van der Waals surface area contributed by atoms with E-state index in [-0.39, 0.29) is 0 Å². The van der Waals surface area contributed by atoms with Crippen molar-refractivity contribution >= 4 is 0 Å². The number of ether oxygens (including phenoxy) is 1. The van der Waals surface area contributed by atoms with Crippen molar-refractivity contribution in [2.24, 2.45) is 23.5 Å². The van der Waals surface area contributed by atoms with Crippen molar-refractivity contribution in [1.29, 1.82) is 0 Å². The molecule has 1 saturated carbocycles. The van der Waals surface area contributed by atoms with Crippen molar-refractivity contribution in [2.75, 3.05) is 13.2 Å². The van der Waals surface area contributed by atoms with Crippen LogP contribution < -0.4 is 5.73 Å². The second kappa shape index (κ2) is 3.97. The zero-order valence-corrected chi connectivity index (χ0v) is 8.54. The van der Waals surface area contributed by atoms with Gasteiger partial charge in [0.1, 0.15) is 0 Å². The van der Waals surface area contributed by atoms with Crippen LogP contribution >= 0.6 is 0 Å². The van der Waals surface area contributed by atoms with Gasteiger partial charge in [-0.1, -0.05) is 6.92 Å². The van der Waals surface area contributed by atoms with Gasteiger partial charge in [0, 0.05) is 19.3 Å². The summed E-state index contributed by atoms with van der Waals surface area (Å²) in [5.41, 5.74) is 6.04. The molecule has 0 aromatic rings. The molecule has 0 spiro atoms. The van der Waals surface area contributed by atoms with E-state index in [1.807, 2.05) is 0 Å². The highest BCUT2D eigenvalue weighted by molar-refractivity contribution is 4.84. The first kappa shape index (κ1) is 9.47. The lowest BCUT2D eigenvalue weighted by atomic mass is 9.73. The average Bonchev–Trinajstić information content (AvgIpc) is 2.53. The van der Waals surface area contributed by atoms with Crippen LogP contribution in [-0.2, 0) is 4.74 Å². The van der Waals surface area contributed by atoms with E-state index in [4.69, 9.17) is 10.5 Å². The molecule has 0 bridgehead atoms. The minimum Gasteiger partial charge on any atom is -0.381 e. The molecule has 1 aliphatic heterocycles. The quantitative estimate of drug-likeness (QED) is 0.672. The van der Waals surface area contributed by atoms with E-state index in [1.165, 1.54) is 25.7 Å². The number of hydrogen-bond acceptors (Lipinski definition) is 2. The molecular weight excluding hydrogens is 162 g/mol. The fourth-order valence-electron chi connectivity index (χ4n) is 3.02. The first-order valence-corrected chi connectivity index (χ1v) is 5.59. The Balaban J connectivity index is 1.90. The number of nitrogens with two attached hydrogens (primary N) is 1. The minimum atomic E-state index is 0.453. The third-order valence-corrected chi connectivity index (χ3v) is 3.65. The lowest BCUT2D eigenvalue weighted by Crippen LogP contribution is -2.35. The summed E-state index contributed by atoms with van der Waals surface area (Å²) in [4.78, 5) is 0. The van der Waals surface area contributed by atoms with Crippen LogP contribution in [0.5, 0.6) is 0 Å². The molecule has 1 saturated heterocycles. The van der Waals surface area contributed by atoms with Crippen LogP contribution in [0.4, 0.5) is 0 Å². The summed E-state index contributed by atoms with van der Waals surface area (Å²) in [5.74, 6) is 2.49. The molecule has 1 aliphatic carbocycles. The molecule has 2 N–H and O–H groups in total. The number of hydrogen-bond donors (Lipinski definition) is 1. The van der Waals surface area contributed by atoms with Crippen molar-refractivity contribution < 1.29 is 4.74 Å². The van der Waals surface area contributed by atoms with Crippen molar-refractivity contribution in [3.63, 3.8) is 0 Å². The molecule has 2 rings (SSSR count). The molecule has 2 heteroatoms. The van der Waals surface area contributed by atoms with Gasteiger partial charge in [-0.05, 0) is 43.4 Å². The van der Waals surface area contributed by atoms with Crippen molar-refractivity contribution in [3.8, 4) is 0 Å². The van der Waals surface area contributed by atoms with E-state index < -0.39 is 0 Å². The van der Waals surface area contributed by atoms with Crippen LogP contribution in [0.15, 0.2) is 0 Å². The molecule has 0 amide bonds. The maximum atomic E-state index is 6.04. The van der Waals surface area contributed by atoms with E-state index in [0.717, 1.165) is 31.0 Å². The maximum absolute atomic E-state index is 6.04. The molecule has 76 valence electrons. The Hall–Kier alpha value is -0.0800. The third-order valence-electron chi connectivity index (χ3n) is 3.65. The summed E-state index contributed by atoms with van der Waals surface area (Å²) < 4.78 is 5.44. The normalized spacial score (nSPS) is 46.6. The van der Waals surface area contributed by atoms with E-state index in [2.05, 4.69) is 6.92 Å². The Kier molecular flexibility index (Phi) is 2.89. The molecule has 1 unspecified atom stereocenters. The molecule has 0 aromatic carbocycles. The smallest absolute Gasteiger partial charge is 0.0497 e. The molecule has 0 aromatic heterocycles. The summed E-state index contributed by atoms with van der Waals surface area (Å²) in [6.07, 6.45) is 5.11. The highest BCUT2D eigenvalue weighted by Crippen LogP contribution is 2.36. The molecule has 13 heavy (non-hydrogen) atoms. The van der Waals surface area contributed by atoms with E-state index in [1.54, 1.807) is 0 Å².